The van der Waals surface area contributed by atoms with Crippen molar-refractivity contribution in [2.24, 2.45) is 0 Å². The van der Waals surface area contributed by atoms with Crippen LogP contribution in [0.15, 0.2) is 42.6 Å². The molecule has 0 aliphatic carbocycles. The van der Waals surface area contributed by atoms with Gasteiger partial charge in [0, 0.05) is 56.1 Å². The van der Waals surface area contributed by atoms with Crippen molar-refractivity contribution in [1.82, 2.24) is 19.5 Å². The zero-order valence-corrected chi connectivity index (χ0v) is 14.4. The number of halogens is 1. The van der Waals surface area contributed by atoms with Crippen molar-refractivity contribution in [1.29, 1.82) is 0 Å². The first-order valence-electron chi connectivity index (χ1n) is 8.79. The van der Waals surface area contributed by atoms with Crippen molar-refractivity contribution in [3.63, 3.8) is 0 Å². The van der Waals surface area contributed by atoms with Gasteiger partial charge in [-0.15, -0.1) is 0 Å². The minimum absolute atomic E-state index is 0.120. The van der Waals surface area contributed by atoms with E-state index in [4.69, 9.17) is 0 Å². The van der Waals surface area contributed by atoms with Crippen LogP contribution in [0.2, 0.25) is 0 Å². The molecule has 0 spiro atoms. The molecule has 2 aromatic heterocycles. The lowest BCUT2D eigenvalue weighted by atomic mass is 10.2. The largest absolute Gasteiger partial charge is 0.354 e. The van der Waals surface area contributed by atoms with E-state index in [0.29, 0.717) is 6.54 Å². The molecule has 4 rings (SSSR count). The molecular weight excluding hydrogens is 317 g/mol. The van der Waals surface area contributed by atoms with Gasteiger partial charge in [0.1, 0.15) is 11.6 Å². The maximum Gasteiger partial charge on any atom is 0.157 e. The molecule has 3 heterocycles. The van der Waals surface area contributed by atoms with Crippen LogP contribution in [0.4, 0.5) is 10.2 Å². The van der Waals surface area contributed by atoms with Crippen LogP contribution in [0.3, 0.4) is 0 Å². The maximum atomic E-state index is 13.9. The number of benzene rings is 1. The number of fused-ring (bicyclic) bond motifs is 1. The second-order valence-corrected chi connectivity index (χ2v) is 6.42. The lowest BCUT2D eigenvalue weighted by Crippen LogP contribution is -2.46. The van der Waals surface area contributed by atoms with Gasteiger partial charge in [0.15, 0.2) is 5.65 Å². The molecule has 6 heteroatoms. The Morgan fingerprint density at radius 3 is 2.64 bits per heavy atom. The Kier molecular flexibility index (Phi) is 4.36. The Hall–Kier alpha value is -2.47. The predicted octanol–water partition coefficient (Wildman–Crippen LogP) is 2.75. The first kappa shape index (κ1) is 16.0. The van der Waals surface area contributed by atoms with Crippen molar-refractivity contribution in [2.75, 3.05) is 31.1 Å². The summed E-state index contributed by atoms with van der Waals surface area (Å²) in [4.78, 5) is 9.26. The van der Waals surface area contributed by atoms with E-state index in [2.05, 4.69) is 32.9 Å². The molecule has 1 fully saturated rings. The molecule has 1 aliphatic rings. The highest BCUT2D eigenvalue weighted by Gasteiger charge is 2.21. The van der Waals surface area contributed by atoms with Gasteiger partial charge in [0.25, 0.3) is 0 Å². The van der Waals surface area contributed by atoms with Crippen molar-refractivity contribution in [3.8, 4) is 0 Å². The van der Waals surface area contributed by atoms with Gasteiger partial charge >= 0.3 is 0 Å². The summed E-state index contributed by atoms with van der Waals surface area (Å²) in [5.41, 5.74) is 2.74. The number of aryl methyl sites for hydroxylation is 1. The first-order chi connectivity index (χ1) is 12.2. The van der Waals surface area contributed by atoms with Gasteiger partial charge in [-0.25, -0.2) is 9.37 Å². The van der Waals surface area contributed by atoms with Gasteiger partial charge < -0.3 is 4.90 Å². The quantitative estimate of drug-likeness (QED) is 0.732. The molecule has 130 valence electrons. The Bertz CT molecular complexity index is 867. The Labute approximate surface area is 146 Å². The van der Waals surface area contributed by atoms with E-state index >= 15 is 0 Å². The molecular formula is C19H22FN5. The van der Waals surface area contributed by atoms with Crippen LogP contribution >= 0.6 is 0 Å². The third-order valence-corrected chi connectivity index (χ3v) is 4.80. The van der Waals surface area contributed by atoms with Crippen LogP contribution < -0.4 is 4.90 Å². The van der Waals surface area contributed by atoms with Gasteiger partial charge in [0.05, 0.1) is 6.20 Å². The summed E-state index contributed by atoms with van der Waals surface area (Å²) in [6.45, 7) is 6.38. The number of piperazine rings is 1. The van der Waals surface area contributed by atoms with Crippen molar-refractivity contribution in [2.45, 2.75) is 19.9 Å². The second kappa shape index (κ2) is 6.80. The highest BCUT2D eigenvalue weighted by molar-refractivity contribution is 5.51. The highest BCUT2D eigenvalue weighted by Crippen LogP contribution is 2.20. The zero-order chi connectivity index (χ0) is 17.2. The van der Waals surface area contributed by atoms with Crippen LogP contribution in [0, 0.1) is 5.82 Å². The van der Waals surface area contributed by atoms with Crippen molar-refractivity contribution in [3.05, 3.63) is 59.7 Å². The van der Waals surface area contributed by atoms with Crippen molar-refractivity contribution < 1.29 is 4.39 Å². The van der Waals surface area contributed by atoms with E-state index in [0.717, 1.165) is 55.3 Å². The average Bonchev–Trinajstić information content (AvgIpc) is 3.12. The van der Waals surface area contributed by atoms with Crippen LogP contribution in [0.1, 0.15) is 18.2 Å². The van der Waals surface area contributed by atoms with E-state index in [1.54, 1.807) is 12.3 Å². The molecule has 0 atom stereocenters. The summed E-state index contributed by atoms with van der Waals surface area (Å²) >= 11 is 0. The van der Waals surface area contributed by atoms with E-state index < -0.39 is 0 Å². The smallest absolute Gasteiger partial charge is 0.157 e. The molecule has 0 unspecified atom stereocenters. The summed E-state index contributed by atoms with van der Waals surface area (Å²) in [6, 6.07) is 11.1. The number of hydrogen-bond acceptors (Lipinski definition) is 4. The Balaban J connectivity index is 1.49. The molecule has 0 radical (unpaired) electrons. The molecule has 5 nitrogen and oxygen atoms in total. The van der Waals surface area contributed by atoms with Crippen LogP contribution in [0.5, 0.6) is 0 Å². The minimum Gasteiger partial charge on any atom is -0.354 e. The first-order valence-corrected chi connectivity index (χ1v) is 8.79. The van der Waals surface area contributed by atoms with Crippen molar-refractivity contribution >= 4 is 11.5 Å². The lowest BCUT2D eigenvalue weighted by Gasteiger charge is -2.36. The fourth-order valence-electron chi connectivity index (χ4n) is 3.36. The van der Waals surface area contributed by atoms with Crippen LogP contribution in [0.25, 0.3) is 5.65 Å². The van der Waals surface area contributed by atoms with Crippen LogP contribution in [-0.4, -0.2) is 45.7 Å². The molecule has 1 aliphatic heterocycles. The number of nitrogens with zero attached hydrogens (tertiary/aromatic N) is 5. The van der Waals surface area contributed by atoms with Gasteiger partial charge in [-0.05, 0) is 12.5 Å². The number of rotatable bonds is 4. The van der Waals surface area contributed by atoms with Gasteiger partial charge in [0.2, 0.25) is 0 Å². The molecule has 1 saturated heterocycles. The number of hydrogen-bond donors (Lipinski definition) is 0. The minimum atomic E-state index is -0.120. The Morgan fingerprint density at radius 1 is 1.08 bits per heavy atom. The summed E-state index contributed by atoms with van der Waals surface area (Å²) in [6.07, 6.45) is 2.70. The van der Waals surface area contributed by atoms with Crippen LogP contribution in [-0.2, 0) is 13.0 Å². The number of anilines is 1. The summed E-state index contributed by atoms with van der Waals surface area (Å²) < 4.78 is 15.8. The fourth-order valence-corrected chi connectivity index (χ4v) is 3.36. The topological polar surface area (TPSA) is 36.7 Å². The van der Waals surface area contributed by atoms with Gasteiger partial charge in [-0.3, -0.25) is 4.90 Å². The maximum absolute atomic E-state index is 13.9. The average molecular weight is 339 g/mol. The predicted molar refractivity (Wildman–Crippen MR) is 96.3 cm³/mol. The molecule has 25 heavy (non-hydrogen) atoms. The zero-order valence-electron chi connectivity index (χ0n) is 14.4. The molecule has 1 aromatic carbocycles. The van der Waals surface area contributed by atoms with E-state index in [1.165, 1.54) is 6.07 Å². The molecule has 0 amide bonds. The number of aromatic nitrogens is 3. The third-order valence-electron chi connectivity index (χ3n) is 4.80. The Morgan fingerprint density at radius 2 is 1.88 bits per heavy atom. The standard InChI is InChI=1S/C19H22FN5/c1-2-16-13-19(25-18(22-16)7-8-21-25)24-11-9-23(10-12-24)14-15-5-3-4-6-17(15)20/h3-8,13H,2,9-12,14H2,1H3. The SMILES string of the molecule is CCc1cc(N2CCN(Cc3ccccc3F)CC2)n2nccc2n1. The summed E-state index contributed by atoms with van der Waals surface area (Å²) in [5.74, 6) is 0.974. The normalized spacial score (nSPS) is 15.8. The third kappa shape index (κ3) is 3.22. The van der Waals surface area contributed by atoms with Gasteiger partial charge in [-0.2, -0.15) is 9.61 Å². The monoisotopic (exact) mass is 339 g/mol. The lowest BCUT2D eigenvalue weighted by molar-refractivity contribution is 0.245. The van der Waals surface area contributed by atoms with E-state index in [9.17, 15) is 4.39 Å². The molecule has 3 aromatic rings. The summed E-state index contributed by atoms with van der Waals surface area (Å²) in [7, 11) is 0. The summed E-state index contributed by atoms with van der Waals surface area (Å²) in [5, 5.41) is 4.42. The second-order valence-electron chi connectivity index (χ2n) is 6.42. The van der Waals surface area contributed by atoms with Gasteiger partial charge in [-0.1, -0.05) is 25.1 Å². The molecule has 0 saturated carbocycles. The molecule has 0 bridgehead atoms. The fraction of sp³-hybridized carbons (Fsp3) is 0.368. The highest BCUT2D eigenvalue weighted by atomic mass is 19.1. The van der Waals surface area contributed by atoms with E-state index in [1.807, 2.05) is 22.7 Å². The molecule has 0 N–H and O–H groups in total. The van der Waals surface area contributed by atoms with E-state index in [-0.39, 0.29) is 5.82 Å².